The minimum absolute atomic E-state index is 0.335. The summed E-state index contributed by atoms with van der Waals surface area (Å²) in [6.07, 6.45) is 0.757. The van der Waals surface area contributed by atoms with Crippen LogP contribution in [0.1, 0.15) is 23.8 Å². The van der Waals surface area contributed by atoms with Gasteiger partial charge < -0.3 is 5.32 Å². The number of amides is 1. The number of nitrogens with zero attached hydrogens (tertiary/aromatic N) is 1. The molecule has 7 heteroatoms. The normalized spacial score (nSPS) is 9.79. The second kappa shape index (κ2) is 4.35. The van der Waals surface area contributed by atoms with Gasteiger partial charge >= 0.3 is 5.69 Å². The number of aromatic nitrogens is 3. The first-order chi connectivity index (χ1) is 6.65. The third kappa shape index (κ3) is 2.28. The van der Waals surface area contributed by atoms with Crippen LogP contribution in [0.4, 0.5) is 0 Å². The Bertz CT molecular complexity index is 433. The lowest BCUT2D eigenvalue weighted by Gasteiger charge is -1.99. The van der Waals surface area contributed by atoms with E-state index in [1.165, 1.54) is 0 Å². The zero-order valence-corrected chi connectivity index (χ0v) is 7.59. The monoisotopic (exact) mass is 198 g/mol. The molecule has 0 aromatic carbocycles. The molecular weight excluding hydrogens is 188 g/mol. The highest BCUT2D eigenvalue weighted by atomic mass is 16.2. The molecule has 0 atom stereocenters. The van der Waals surface area contributed by atoms with Crippen molar-refractivity contribution in [3.63, 3.8) is 0 Å². The maximum absolute atomic E-state index is 11.2. The van der Waals surface area contributed by atoms with Crippen molar-refractivity contribution in [2.45, 2.75) is 13.3 Å². The van der Waals surface area contributed by atoms with Crippen LogP contribution in [0.15, 0.2) is 9.59 Å². The molecule has 0 unspecified atom stereocenters. The molecule has 0 spiro atoms. The number of hydrogen-bond donors (Lipinski definition) is 3. The van der Waals surface area contributed by atoms with E-state index in [-0.39, 0.29) is 5.69 Å². The zero-order chi connectivity index (χ0) is 10.6. The number of H-pyrrole nitrogens is 2. The van der Waals surface area contributed by atoms with Crippen LogP contribution in [0, 0.1) is 0 Å². The van der Waals surface area contributed by atoms with E-state index < -0.39 is 17.2 Å². The molecule has 7 nitrogen and oxygen atoms in total. The number of aromatic amines is 2. The van der Waals surface area contributed by atoms with E-state index in [2.05, 4.69) is 10.4 Å². The summed E-state index contributed by atoms with van der Waals surface area (Å²) in [5.74, 6) is -0.593. The van der Waals surface area contributed by atoms with Crippen LogP contribution in [-0.2, 0) is 0 Å². The van der Waals surface area contributed by atoms with Crippen LogP contribution in [-0.4, -0.2) is 27.6 Å². The molecule has 0 radical (unpaired) electrons. The standard InChI is InChI=1S/C7H10N4O3/c1-2-3-8-5(12)4-6(13)9-7(14)11-10-4/h2-3H2,1H3,(H,8,12)(H2,9,11,13,14). The fraction of sp³-hybridized carbons (Fsp3) is 0.429. The summed E-state index contributed by atoms with van der Waals surface area (Å²) in [6, 6.07) is 0. The van der Waals surface area contributed by atoms with Gasteiger partial charge in [0.15, 0.2) is 0 Å². The van der Waals surface area contributed by atoms with Crippen molar-refractivity contribution in [2.24, 2.45) is 0 Å². The zero-order valence-electron chi connectivity index (χ0n) is 7.59. The highest BCUT2D eigenvalue weighted by Gasteiger charge is 2.11. The van der Waals surface area contributed by atoms with Crippen LogP contribution in [0.25, 0.3) is 0 Å². The van der Waals surface area contributed by atoms with Gasteiger partial charge in [0, 0.05) is 6.54 Å². The van der Waals surface area contributed by atoms with Gasteiger partial charge in [0.1, 0.15) is 0 Å². The molecule has 0 saturated carbocycles. The quantitative estimate of drug-likeness (QED) is 0.555. The Morgan fingerprint density at radius 2 is 2.21 bits per heavy atom. The van der Waals surface area contributed by atoms with Crippen molar-refractivity contribution >= 4 is 5.91 Å². The highest BCUT2D eigenvalue weighted by Crippen LogP contribution is 1.80. The molecule has 0 saturated heterocycles. The fourth-order valence-corrected chi connectivity index (χ4v) is 0.824. The largest absolute Gasteiger partial charge is 0.350 e. The second-order valence-corrected chi connectivity index (χ2v) is 2.61. The number of carbonyl (C=O) groups excluding carboxylic acids is 1. The van der Waals surface area contributed by atoms with Crippen molar-refractivity contribution in [3.05, 3.63) is 26.5 Å². The molecule has 1 amide bonds. The lowest BCUT2D eigenvalue weighted by molar-refractivity contribution is 0.0945. The van der Waals surface area contributed by atoms with Gasteiger partial charge in [-0.3, -0.25) is 14.6 Å². The maximum Gasteiger partial charge on any atom is 0.342 e. The smallest absolute Gasteiger partial charge is 0.342 e. The fourth-order valence-electron chi connectivity index (χ4n) is 0.824. The van der Waals surface area contributed by atoms with Crippen LogP contribution >= 0.6 is 0 Å². The molecule has 0 aliphatic carbocycles. The summed E-state index contributed by atoms with van der Waals surface area (Å²) in [6.45, 7) is 2.34. The minimum atomic E-state index is -0.789. The average molecular weight is 198 g/mol. The van der Waals surface area contributed by atoms with Crippen LogP contribution in [0.5, 0.6) is 0 Å². The van der Waals surface area contributed by atoms with Crippen LogP contribution < -0.4 is 16.6 Å². The molecule has 0 aliphatic rings. The Morgan fingerprint density at radius 1 is 1.50 bits per heavy atom. The number of rotatable bonds is 3. The highest BCUT2D eigenvalue weighted by molar-refractivity contribution is 5.91. The lowest BCUT2D eigenvalue weighted by Crippen LogP contribution is -2.35. The van der Waals surface area contributed by atoms with Gasteiger partial charge in [-0.15, -0.1) is 0 Å². The Hall–Kier alpha value is -1.92. The van der Waals surface area contributed by atoms with E-state index in [1.54, 1.807) is 0 Å². The lowest BCUT2D eigenvalue weighted by atomic mass is 10.4. The molecule has 1 heterocycles. The molecule has 0 aliphatic heterocycles. The van der Waals surface area contributed by atoms with Crippen LogP contribution in [0.2, 0.25) is 0 Å². The second-order valence-electron chi connectivity index (χ2n) is 2.61. The number of carbonyl (C=O) groups is 1. The molecule has 76 valence electrons. The Kier molecular flexibility index (Phi) is 3.16. The molecule has 0 bridgehead atoms. The summed E-state index contributed by atoms with van der Waals surface area (Å²) in [4.78, 5) is 34.7. The van der Waals surface area contributed by atoms with Crippen molar-refractivity contribution in [1.29, 1.82) is 0 Å². The van der Waals surface area contributed by atoms with Gasteiger partial charge in [-0.2, -0.15) is 5.10 Å². The molecule has 0 fully saturated rings. The van der Waals surface area contributed by atoms with E-state index in [9.17, 15) is 14.4 Å². The molecule has 1 rings (SSSR count). The van der Waals surface area contributed by atoms with Gasteiger partial charge in [-0.1, -0.05) is 6.92 Å². The summed E-state index contributed by atoms with van der Waals surface area (Å²) in [7, 11) is 0. The molecule has 1 aromatic heterocycles. The summed E-state index contributed by atoms with van der Waals surface area (Å²) in [5.41, 5.74) is -1.86. The topological polar surface area (TPSA) is 108 Å². The van der Waals surface area contributed by atoms with Crippen molar-refractivity contribution < 1.29 is 4.79 Å². The molecule has 3 N–H and O–H groups in total. The number of hydrogen-bond acceptors (Lipinski definition) is 4. The first kappa shape index (κ1) is 10.2. The van der Waals surface area contributed by atoms with E-state index in [4.69, 9.17) is 0 Å². The van der Waals surface area contributed by atoms with E-state index in [0.29, 0.717) is 6.54 Å². The average Bonchev–Trinajstić information content (AvgIpc) is 2.14. The van der Waals surface area contributed by atoms with Crippen molar-refractivity contribution in [1.82, 2.24) is 20.5 Å². The Balaban J connectivity index is 2.91. The first-order valence-electron chi connectivity index (χ1n) is 4.12. The Labute approximate surface area is 78.6 Å². The Morgan fingerprint density at radius 3 is 2.79 bits per heavy atom. The summed E-state index contributed by atoms with van der Waals surface area (Å²) in [5, 5.41) is 7.78. The third-order valence-corrected chi connectivity index (χ3v) is 1.46. The van der Waals surface area contributed by atoms with Crippen LogP contribution in [0.3, 0.4) is 0 Å². The van der Waals surface area contributed by atoms with Crippen molar-refractivity contribution in [2.75, 3.05) is 6.54 Å². The predicted molar refractivity (Wildman–Crippen MR) is 48.1 cm³/mol. The van der Waals surface area contributed by atoms with E-state index in [0.717, 1.165) is 6.42 Å². The number of nitrogens with one attached hydrogen (secondary N) is 3. The third-order valence-electron chi connectivity index (χ3n) is 1.46. The minimum Gasteiger partial charge on any atom is -0.350 e. The molecule has 1 aromatic rings. The van der Waals surface area contributed by atoms with Gasteiger partial charge in [-0.05, 0) is 6.42 Å². The predicted octanol–water partition coefficient (Wildman–Crippen LogP) is -1.40. The maximum atomic E-state index is 11.2. The van der Waals surface area contributed by atoms with Gasteiger partial charge in [-0.25, -0.2) is 9.89 Å². The molecule has 14 heavy (non-hydrogen) atoms. The summed E-state index contributed by atoms with van der Waals surface area (Å²) < 4.78 is 0. The van der Waals surface area contributed by atoms with E-state index in [1.807, 2.05) is 17.0 Å². The van der Waals surface area contributed by atoms with Gasteiger partial charge in [0.25, 0.3) is 11.5 Å². The van der Waals surface area contributed by atoms with Crippen molar-refractivity contribution in [3.8, 4) is 0 Å². The van der Waals surface area contributed by atoms with Gasteiger partial charge in [0.05, 0.1) is 0 Å². The van der Waals surface area contributed by atoms with Gasteiger partial charge in [0.2, 0.25) is 5.69 Å². The van der Waals surface area contributed by atoms with E-state index >= 15 is 0 Å². The first-order valence-corrected chi connectivity index (χ1v) is 4.12. The molecular formula is C7H10N4O3. The SMILES string of the molecule is CCCNC(=O)c1n[nH]c(=O)[nH]c1=O. The summed E-state index contributed by atoms with van der Waals surface area (Å²) >= 11 is 0.